The molecule has 30 heavy (non-hydrogen) atoms. The van der Waals surface area contributed by atoms with Gasteiger partial charge in [-0.3, -0.25) is 9.59 Å². The van der Waals surface area contributed by atoms with Crippen LogP contribution in [0.1, 0.15) is 25.6 Å². The van der Waals surface area contributed by atoms with Gasteiger partial charge in [-0.05, 0) is 35.7 Å². The molecule has 0 spiro atoms. The van der Waals surface area contributed by atoms with Gasteiger partial charge < -0.3 is 20.1 Å². The summed E-state index contributed by atoms with van der Waals surface area (Å²) in [5.74, 6) is -0.155. The first-order valence-electron chi connectivity index (χ1n) is 9.06. The number of hydrogen-bond donors (Lipinski definition) is 2. The Morgan fingerprint density at radius 2 is 2.00 bits per heavy atom. The van der Waals surface area contributed by atoms with Crippen molar-refractivity contribution in [2.45, 2.75) is 6.54 Å². The highest BCUT2D eigenvalue weighted by Gasteiger charge is 2.14. The average molecular weight is 446 g/mol. The molecule has 0 unspecified atom stereocenters. The van der Waals surface area contributed by atoms with Crippen molar-refractivity contribution in [1.82, 2.24) is 10.3 Å². The normalized spacial score (nSPS) is 10.5. The van der Waals surface area contributed by atoms with Gasteiger partial charge in [-0.1, -0.05) is 23.7 Å². The van der Waals surface area contributed by atoms with Crippen LogP contribution in [-0.4, -0.2) is 37.1 Å². The Kier molecular flexibility index (Phi) is 7.78. The lowest BCUT2D eigenvalue weighted by atomic mass is 10.1. The van der Waals surface area contributed by atoms with E-state index >= 15 is 0 Å². The minimum absolute atomic E-state index is 0.231. The molecule has 156 valence electrons. The minimum atomic E-state index is -0.315. The van der Waals surface area contributed by atoms with E-state index in [1.807, 2.05) is 11.4 Å². The van der Waals surface area contributed by atoms with Gasteiger partial charge in [-0.15, -0.1) is 11.3 Å². The summed E-state index contributed by atoms with van der Waals surface area (Å²) in [5.41, 5.74) is 1.47. The second kappa shape index (κ2) is 10.7. The van der Waals surface area contributed by atoms with Crippen molar-refractivity contribution in [3.63, 3.8) is 0 Å². The number of halogens is 1. The number of thiophene rings is 1. The number of carbonyl (C=O) groups excluding carboxylic acids is 2. The molecule has 0 atom stereocenters. The summed E-state index contributed by atoms with van der Waals surface area (Å²) in [6.45, 7) is 1.03. The van der Waals surface area contributed by atoms with Crippen LogP contribution in [0.25, 0.3) is 0 Å². The van der Waals surface area contributed by atoms with E-state index in [2.05, 4.69) is 15.6 Å². The van der Waals surface area contributed by atoms with Gasteiger partial charge >= 0.3 is 0 Å². The summed E-state index contributed by atoms with van der Waals surface area (Å²) in [6, 6.07) is 11.8. The molecule has 0 aliphatic rings. The highest BCUT2D eigenvalue weighted by Crippen LogP contribution is 2.24. The van der Waals surface area contributed by atoms with Crippen LogP contribution in [0.4, 0.5) is 5.69 Å². The number of hydrogen-bond acceptors (Lipinski definition) is 6. The lowest BCUT2D eigenvalue weighted by Crippen LogP contribution is -2.23. The molecule has 2 heterocycles. The molecule has 3 aromatic rings. The number of nitrogens with zero attached hydrogens (tertiary/aromatic N) is 1. The highest BCUT2D eigenvalue weighted by molar-refractivity contribution is 7.12. The molecule has 0 aliphatic carbocycles. The van der Waals surface area contributed by atoms with Crippen molar-refractivity contribution in [3.8, 4) is 5.88 Å². The molecule has 7 nitrogen and oxygen atoms in total. The maximum absolute atomic E-state index is 12.6. The molecule has 2 amide bonds. The molecule has 2 N–H and O–H groups in total. The summed E-state index contributed by atoms with van der Waals surface area (Å²) in [5, 5.41) is 7.72. The third kappa shape index (κ3) is 5.79. The van der Waals surface area contributed by atoms with Crippen molar-refractivity contribution in [2.75, 3.05) is 25.6 Å². The van der Waals surface area contributed by atoms with Crippen molar-refractivity contribution in [3.05, 3.63) is 75.1 Å². The maximum Gasteiger partial charge on any atom is 0.265 e. The summed E-state index contributed by atoms with van der Waals surface area (Å²) >= 11 is 7.50. The smallest absolute Gasteiger partial charge is 0.265 e. The fraction of sp³-hybridized carbons (Fsp3) is 0.190. The van der Waals surface area contributed by atoms with E-state index in [0.29, 0.717) is 40.2 Å². The van der Waals surface area contributed by atoms with Crippen LogP contribution in [0, 0.1) is 0 Å². The fourth-order valence-electron chi connectivity index (χ4n) is 2.54. The highest BCUT2D eigenvalue weighted by atomic mass is 35.5. The van der Waals surface area contributed by atoms with Crippen molar-refractivity contribution in [1.29, 1.82) is 0 Å². The first kappa shape index (κ1) is 21.8. The number of nitrogens with one attached hydrogen (secondary N) is 2. The molecular formula is C21H20ClN3O4S. The van der Waals surface area contributed by atoms with Crippen molar-refractivity contribution >= 4 is 40.4 Å². The molecule has 0 aliphatic heterocycles. The first-order chi connectivity index (χ1) is 14.6. The van der Waals surface area contributed by atoms with E-state index in [4.69, 9.17) is 21.1 Å². The second-order valence-electron chi connectivity index (χ2n) is 6.12. The lowest BCUT2D eigenvalue weighted by molar-refractivity contribution is 0.0948. The SMILES string of the molecule is COCCOc1ncccc1CNC(=O)c1ccc(Cl)c(NC(=O)c2cccs2)c1. The van der Waals surface area contributed by atoms with Gasteiger partial charge in [-0.2, -0.15) is 0 Å². The molecule has 0 fully saturated rings. The number of rotatable bonds is 9. The predicted octanol–water partition coefficient (Wildman–Crippen LogP) is 4.00. The van der Waals surface area contributed by atoms with Crippen molar-refractivity contribution in [2.24, 2.45) is 0 Å². The van der Waals surface area contributed by atoms with Crippen molar-refractivity contribution < 1.29 is 19.1 Å². The summed E-state index contributed by atoms with van der Waals surface area (Å²) in [6.07, 6.45) is 1.62. The van der Waals surface area contributed by atoms with E-state index in [1.54, 1.807) is 49.7 Å². The van der Waals surface area contributed by atoms with Crippen LogP contribution in [0.5, 0.6) is 5.88 Å². The predicted molar refractivity (Wildman–Crippen MR) is 117 cm³/mol. The van der Waals surface area contributed by atoms with E-state index < -0.39 is 0 Å². The number of amides is 2. The topological polar surface area (TPSA) is 89.6 Å². The van der Waals surface area contributed by atoms with Gasteiger partial charge in [-0.25, -0.2) is 4.98 Å². The second-order valence-corrected chi connectivity index (χ2v) is 7.47. The monoisotopic (exact) mass is 445 g/mol. The molecule has 0 saturated carbocycles. The van der Waals surface area contributed by atoms with Gasteiger partial charge in [0, 0.05) is 31.0 Å². The van der Waals surface area contributed by atoms with Gasteiger partial charge in [0.1, 0.15) is 6.61 Å². The fourth-order valence-corrected chi connectivity index (χ4v) is 3.33. The number of pyridine rings is 1. The number of aromatic nitrogens is 1. The van der Waals surface area contributed by atoms with Gasteiger partial charge in [0.25, 0.3) is 11.8 Å². The molecule has 0 bridgehead atoms. The number of ether oxygens (including phenoxy) is 2. The third-order valence-electron chi connectivity index (χ3n) is 4.04. The van der Waals surface area contributed by atoms with Gasteiger partial charge in [0.05, 0.1) is 22.2 Å². The maximum atomic E-state index is 12.6. The Labute approximate surface area is 183 Å². The summed E-state index contributed by atoms with van der Waals surface area (Å²) < 4.78 is 10.5. The molecule has 3 rings (SSSR count). The van der Waals surface area contributed by atoms with Crippen LogP contribution in [0.3, 0.4) is 0 Å². The van der Waals surface area contributed by atoms with Gasteiger partial charge in [0.15, 0.2) is 0 Å². The van der Waals surface area contributed by atoms with E-state index in [0.717, 1.165) is 5.56 Å². The molecule has 2 aromatic heterocycles. The Hall–Kier alpha value is -2.94. The zero-order valence-corrected chi connectivity index (χ0v) is 17.8. The van der Waals surface area contributed by atoms with E-state index in [1.165, 1.54) is 11.3 Å². The quantitative estimate of drug-likeness (QED) is 0.486. The van der Waals surface area contributed by atoms with E-state index in [9.17, 15) is 9.59 Å². The lowest BCUT2D eigenvalue weighted by Gasteiger charge is -2.12. The van der Waals surface area contributed by atoms with Gasteiger partial charge in [0.2, 0.25) is 5.88 Å². The standard InChI is InChI=1S/C21H20ClN3O4S/c1-28-9-10-29-21-15(4-2-8-23-21)13-24-19(26)14-6-7-16(22)17(12-14)25-20(27)18-5-3-11-30-18/h2-8,11-12H,9-10,13H2,1H3,(H,24,26)(H,25,27). The van der Waals surface area contributed by atoms with Crippen LogP contribution < -0.4 is 15.4 Å². The Morgan fingerprint density at radius 3 is 2.77 bits per heavy atom. The minimum Gasteiger partial charge on any atom is -0.475 e. The average Bonchev–Trinajstić information content (AvgIpc) is 3.29. The molecule has 0 radical (unpaired) electrons. The van der Waals surface area contributed by atoms with E-state index in [-0.39, 0.29) is 18.4 Å². The number of carbonyl (C=O) groups is 2. The third-order valence-corrected chi connectivity index (χ3v) is 5.24. The Morgan fingerprint density at radius 1 is 1.13 bits per heavy atom. The van der Waals surface area contributed by atoms with Crippen LogP contribution >= 0.6 is 22.9 Å². The Balaban J connectivity index is 1.65. The molecule has 0 saturated heterocycles. The molecular weight excluding hydrogens is 426 g/mol. The number of benzene rings is 1. The zero-order chi connectivity index (χ0) is 21.3. The molecule has 1 aromatic carbocycles. The van der Waals surface area contributed by atoms with Crippen LogP contribution in [-0.2, 0) is 11.3 Å². The largest absolute Gasteiger partial charge is 0.475 e. The van der Waals surface area contributed by atoms with Crippen LogP contribution in [0.2, 0.25) is 5.02 Å². The molecule has 9 heteroatoms. The van der Waals surface area contributed by atoms with Crippen LogP contribution in [0.15, 0.2) is 54.0 Å². The number of anilines is 1. The Bertz CT molecular complexity index is 1010. The summed E-state index contributed by atoms with van der Waals surface area (Å²) in [7, 11) is 1.59. The first-order valence-corrected chi connectivity index (χ1v) is 10.3. The zero-order valence-electron chi connectivity index (χ0n) is 16.2. The number of methoxy groups -OCH3 is 1. The summed E-state index contributed by atoms with van der Waals surface area (Å²) in [4.78, 5) is 29.6.